The molecule has 1 aliphatic heterocycles. The van der Waals surface area contributed by atoms with Crippen molar-refractivity contribution in [3.05, 3.63) is 18.0 Å². The molecule has 3 rings (SSSR count). The van der Waals surface area contributed by atoms with E-state index in [0.717, 1.165) is 18.8 Å². The number of ether oxygens (including phenoxy) is 3. The average molecular weight is 376 g/mol. The van der Waals surface area contributed by atoms with E-state index in [0.29, 0.717) is 49.4 Å². The molecule has 0 atom stereocenters. The minimum atomic E-state index is -0.265. The largest absolute Gasteiger partial charge is 0.492 e. The normalized spacial score (nSPS) is 14.1. The van der Waals surface area contributed by atoms with Gasteiger partial charge in [0.1, 0.15) is 11.5 Å². The fraction of sp³-hybridized carbons (Fsp3) is 0.529. The maximum atomic E-state index is 12.3. The number of nitrogens with zero attached hydrogens (tertiary/aromatic N) is 4. The molecule has 27 heavy (non-hydrogen) atoms. The summed E-state index contributed by atoms with van der Waals surface area (Å²) in [5.74, 6) is 1.33. The highest BCUT2D eigenvalue weighted by atomic mass is 16.5. The predicted octanol–water partition coefficient (Wildman–Crippen LogP) is 1.01. The Bertz CT molecular complexity index is 746. The first-order chi connectivity index (χ1) is 13.2. The van der Waals surface area contributed by atoms with Gasteiger partial charge >= 0.3 is 0 Å². The molecule has 2 N–H and O–H groups in total. The Hall–Kier alpha value is -2.88. The highest BCUT2D eigenvalue weighted by Gasteiger charge is 2.20. The molecule has 0 spiro atoms. The van der Waals surface area contributed by atoms with E-state index in [4.69, 9.17) is 14.2 Å². The monoisotopic (exact) mass is 376 g/mol. The first-order valence-electron chi connectivity index (χ1n) is 8.99. The Balaban J connectivity index is 1.86. The number of benzene rings is 1. The van der Waals surface area contributed by atoms with Gasteiger partial charge in [0.2, 0.25) is 5.91 Å². The number of carbonyl (C=O) groups is 1. The number of anilines is 2. The molecule has 1 saturated heterocycles. The van der Waals surface area contributed by atoms with Crippen molar-refractivity contribution < 1.29 is 19.0 Å². The highest BCUT2D eigenvalue weighted by Crippen LogP contribution is 2.39. The number of H-pyrrole nitrogens is 1. The van der Waals surface area contributed by atoms with Crippen LogP contribution in [0.5, 0.6) is 11.5 Å². The third kappa shape index (κ3) is 4.85. The Kier molecular flexibility index (Phi) is 6.42. The summed E-state index contributed by atoms with van der Waals surface area (Å²) >= 11 is 0. The zero-order chi connectivity index (χ0) is 19.1. The van der Waals surface area contributed by atoms with Crippen molar-refractivity contribution in [3.63, 3.8) is 0 Å². The first-order valence-corrected chi connectivity index (χ1v) is 8.99. The van der Waals surface area contributed by atoms with Gasteiger partial charge in [-0.1, -0.05) is 5.21 Å². The maximum absolute atomic E-state index is 12.3. The summed E-state index contributed by atoms with van der Waals surface area (Å²) in [5, 5.41) is 16.2. The molecule has 1 fully saturated rings. The highest BCUT2D eigenvalue weighted by molar-refractivity contribution is 5.94. The molecule has 1 aromatic carbocycles. The summed E-state index contributed by atoms with van der Waals surface area (Å²) in [6.45, 7) is 7.69. The van der Waals surface area contributed by atoms with Crippen molar-refractivity contribution in [2.45, 2.75) is 20.3 Å². The van der Waals surface area contributed by atoms with Gasteiger partial charge in [0.15, 0.2) is 5.82 Å². The number of aromatic amines is 1. The average Bonchev–Trinajstić information content (AvgIpc) is 3.17. The molecule has 1 aromatic heterocycles. The van der Waals surface area contributed by atoms with Crippen molar-refractivity contribution in [3.8, 4) is 11.5 Å². The lowest BCUT2D eigenvalue weighted by Crippen LogP contribution is -2.36. The van der Waals surface area contributed by atoms with Crippen LogP contribution in [-0.2, 0) is 16.0 Å². The molecular weight excluding hydrogens is 352 g/mol. The van der Waals surface area contributed by atoms with Gasteiger partial charge in [0.05, 0.1) is 44.2 Å². The fourth-order valence-corrected chi connectivity index (χ4v) is 2.84. The van der Waals surface area contributed by atoms with E-state index >= 15 is 0 Å². The third-order valence-corrected chi connectivity index (χ3v) is 3.99. The topological polar surface area (TPSA) is 114 Å². The molecule has 0 unspecified atom stereocenters. The van der Waals surface area contributed by atoms with Gasteiger partial charge in [0.25, 0.3) is 0 Å². The van der Waals surface area contributed by atoms with Crippen LogP contribution in [-0.4, -0.2) is 66.0 Å². The molecule has 10 nitrogen and oxygen atoms in total. The van der Waals surface area contributed by atoms with Gasteiger partial charge in [-0.25, -0.2) is 0 Å². The molecule has 0 bridgehead atoms. The zero-order valence-corrected chi connectivity index (χ0v) is 15.5. The second-order valence-electron chi connectivity index (χ2n) is 5.83. The van der Waals surface area contributed by atoms with Gasteiger partial charge in [-0.3, -0.25) is 4.79 Å². The van der Waals surface area contributed by atoms with E-state index in [9.17, 15) is 4.79 Å². The van der Waals surface area contributed by atoms with E-state index in [1.807, 2.05) is 19.9 Å². The Labute approximate surface area is 157 Å². The van der Waals surface area contributed by atoms with E-state index in [2.05, 4.69) is 30.8 Å². The van der Waals surface area contributed by atoms with Crippen LogP contribution in [0.2, 0.25) is 0 Å². The lowest BCUT2D eigenvalue weighted by molar-refractivity contribution is -0.115. The second kappa shape index (κ2) is 9.17. The van der Waals surface area contributed by atoms with Crippen molar-refractivity contribution in [2.24, 2.45) is 0 Å². The van der Waals surface area contributed by atoms with Crippen molar-refractivity contribution in [1.29, 1.82) is 0 Å². The SMILES string of the molecule is CCOc1cc(N2CCOCC2)c(OCC)cc1NC(=O)Cc1nn[nH]n1. The molecule has 1 amide bonds. The Morgan fingerprint density at radius 1 is 1.22 bits per heavy atom. The van der Waals surface area contributed by atoms with Gasteiger partial charge < -0.3 is 24.4 Å². The smallest absolute Gasteiger partial charge is 0.232 e. The molecule has 2 aromatic rings. The predicted molar refractivity (Wildman–Crippen MR) is 98.3 cm³/mol. The quantitative estimate of drug-likeness (QED) is 0.702. The van der Waals surface area contributed by atoms with Crippen LogP contribution < -0.4 is 19.7 Å². The minimum Gasteiger partial charge on any atom is -0.492 e. The summed E-state index contributed by atoms with van der Waals surface area (Å²) in [5.41, 5.74) is 1.48. The van der Waals surface area contributed by atoms with Crippen LogP contribution in [0.4, 0.5) is 11.4 Å². The number of nitrogens with one attached hydrogen (secondary N) is 2. The van der Waals surface area contributed by atoms with E-state index in [1.54, 1.807) is 6.07 Å². The van der Waals surface area contributed by atoms with Crippen LogP contribution in [0.25, 0.3) is 0 Å². The van der Waals surface area contributed by atoms with E-state index in [1.165, 1.54) is 0 Å². The molecule has 0 aliphatic carbocycles. The molecule has 1 aliphatic rings. The number of tetrazole rings is 1. The number of hydrogen-bond acceptors (Lipinski definition) is 8. The van der Waals surface area contributed by atoms with Crippen LogP contribution in [0.15, 0.2) is 12.1 Å². The molecule has 2 heterocycles. The first kappa shape index (κ1) is 18.9. The molecule has 146 valence electrons. The van der Waals surface area contributed by atoms with Gasteiger partial charge in [-0.15, -0.1) is 10.2 Å². The Morgan fingerprint density at radius 3 is 2.63 bits per heavy atom. The maximum Gasteiger partial charge on any atom is 0.232 e. The number of aromatic nitrogens is 4. The molecular formula is C17H24N6O4. The molecule has 0 saturated carbocycles. The summed E-state index contributed by atoms with van der Waals surface area (Å²) in [6.07, 6.45) is 0.0112. The van der Waals surface area contributed by atoms with Gasteiger partial charge in [-0.2, -0.15) is 5.21 Å². The number of rotatable bonds is 8. The summed E-state index contributed by atoms with van der Waals surface area (Å²) < 4.78 is 17.0. The Morgan fingerprint density at radius 2 is 1.96 bits per heavy atom. The van der Waals surface area contributed by atoms with Crippen LogP contribution in [0, 0.1) is 0 Å². The third-order valence-electron chi connectivity index (χ3n) is 3.99. The number of morpholine rings is 1. The van der Waals surface area contributed by atoms with Crippen molar-refractivity contribution >= 4 is 17.3 Å². The molecule has 0 radical (unpaired) electrons. The summed E-state index contributed by atoms with van der Waals surface area (Å²) in [7, 11) is 0. The number of amides is 1. The second-order valence-corrected chi connectivity index (χ2v) is 5.83. The molecule has 10 heteroatoms. The fourth-order valence-electron chi connectivity index (χ4n) is 2.84. The number of carbonyl (C=O) groups excluding carboxylic acids is 1. The minimum absolute atomic E-state index is 0.0112. The van der Waals surface area contributed by atoms with Crippen LogP contribution >= 0.6 is 0 Å². The zero-order valence-electron chi connectivity index (χ0n) is 15.5. The lowest BCUT2D eigenvalue weighted by Gasteiger charge is -2.31. The van der Waals surface area contributed by atoms with E-state index < -0.39 is 0 Å². The van der Waals surface area contributed by atoms with Crippen molar-refractivity contribution in [1.82, 2.24) is 20.6 Å². The van der Waals surface area contributed by atoms with E-state index in [-0.39, 0.29) is 12.3 Å². The van der Waals surface area contributed by atoms with Gasteiger partial charge in [-0.05, 0) is 13.8 Å². The number of hydrogen-bond donors (Lipinski definition) is 2. The van der Waals surface area contributed by atoms with Gasteiger partial charge in [0, 0.05) is 25.2 Å². The standard InChI is InChI=1S/C17H24N6O4/c1-3-26-14-10-13(23-5-7-25-8-6-23)15(27-4-2)9-12(14)18-17(24)11-16-19-21-22-20-16/h9-10H,3-8,11H2,1-2H3,(H,18,24)(H,19,20,21,22). The summed E-state index contributed by atoms with van der Waals surface area (Å²) in [4.78, 5) is 14.5. The van der Waals surface area contributed by atoms with Crippen LogP contribution in [0.3, 0.4) is 0 Å². The van der Waals surface area contributed by atoms with Crippen molar-refractivity contribution in [2.75, 3.05) is 49.7 Å². The lowest BCUT2D eigenvalue weighted by atomic mass is 10.2. The summed E-state index contributed by atoms with van der Waals surface area (Å²) in [6, 6.07) is 3.71. The van der Waals surface area contributed by atoms with Crippen LogP contribution in [0.1, 0.15) is 19.7 Å².